The topological polar surface area (TPSA) is 29.1 Å². The van der Waals surface area contributed by atoms with E-state index in [-0.39, 0.29) is 5.91 Å². The van der Waals surface area contributed by atoms with Gasteiger partial charge < -0.3 is 5.32 Å². The van der Waals surface area contributed by atoms with E-state index in [1.54, 1.807) is 0 Å². The van der Waals surface area contributed by atoms with E-state index in [1.165, 1.54) is 11.1 Å². The summed E-state index contributed by atoms with van der Waals surface area (Å²) < 4.78 is 0. The van der Waals surface area contributed by atoms with Crippen molar-refractivity contribution >= 4 is 5.91 Å². The van der Waals surface area contributed by atoms with E-state index < -0.39 is 0 Å². The summed E-state index contributed by atoms with van der Waals surface area (Å²) in [5.74, 6) is 0.156. The van der Waals surface area contributed by atoms with Gasteiger partial charge in [0, 0.05) is 13.0 Å². The molecule has 2 nitrogen and oxygen atoms in total. The summed E-state index contributed by atoms with van der Waals surface area (Å²) in [5.41, 5.74) is 2.59. The molecule has 0 heterocycles. The molecule has 16 heavy (non-hydrogen) atoms. The predicted octanol–water partition coefficient (Wildman–Crippen LogP) is 2.71. The number of carbonyl (C=O) groups is 1. The first-order valence-electron chi connectivity index (χ1n) is 6.10. The highest BCUT2D eigenvalue weighted by atomic mass is 16.1. The Kier molecular flexibility index (Phi) is 5.62. The number of aryl methyl sites for hydroxylation is 2. The fraction of sp³-hybridized carbons (Fsp3) is 0.500. The molecule has 0 atom stereocenters. The fourth-order valence-corrected chi connectivity index (χ4v) is 1.62. The summed E-state index contributed by atoms with van der Waals surface area (Å²) in [6.07, 6.45) is 3.48. The number of nitrogens with one attached hydrogen (secondary N) is 1. The van der Waals surface area contributed by atoms with Crippen LogP contribution in [0.1, 0.15) is 37.8 Å². The van der Waals surface area contributed by atoms with Crippen molar-refractivity contribution in [2.24, 2.45) is 0 Å². The first-order chi connectivity index (χ1) is 7.76. The van der Waals surface area contributed by atoms with Crippen LogP contribution in [0.5, 0.6) is 0 Å². The van der Waals surface area contributed by atoms with Crippen LogP contribution in [-0.4, -0.2) is 12.5 Å². The van der Waals surface area contributed by atoms with Crippen LogP contribution in [0.2, 0.25) is 0 Å². The number of hydrogen-bond donors (Lipinski definition) is 1. The third kappa shape index (κ3) is 4.47. The highest BCUT2D eigenvalue weighted by Crippen LogP contribution is 2.08. The van der Waals surface area contributed by atoms with Gasteiger partial charge in [-0.3, -0.25) is 4.79 Å². The van der Waals surface area contributed by atoms with E-state index in [0.29, 0.717) is 6.42 Å². The Bertz CT molecular complexity index is 333. The van der Waals surface area contributed by atoms with Crippen molar-refractivity contribution in [1.82, 2.24) is 5.32 Å². The minimum absolute atomic E-state index is 0.156. The maximum Gasteiger partial charge on any atom is 0.220 e. The van der Waals surface area contributed by atoms with Crippen LogP contribution in [0.25, 0.3) is 0 Å². The van der Waals surface area contributed by atoms with E-state index in [4.69, 9.17) is 0 Å². The van der Waals surface area contributed by atoms with Gasteiger partial charge in [0.2, 0.25) is 5.91 Å². The first kappa shape index (κ1) is 12.8. The minimum atomic E-state index is 0.156. The molecule has 0 saturated heterocycles. The minimum Gasteiger partial charge on any atom is -0.356 e. The molecule has 0 aromatic heterocycles. The summed E-state index contributed by atoms with van der Waals surface area (Å²) in [7, 11) is 0. The highest BCUT2D eigenvalue weighted by Gasteiger charge is 2.01. The molecule has 0 spiro atoms. The van der Waals surface area contributed by atoms with Gasteiger partial charge in [-0.1, -0.05) is 38.1 Å². The van der Waals surface area contributed by atoms with Gasteiger partial charge in [-0.25, -0.2) is 0 Å². The standard InChI is InChI=1S/C14H21NO/c1-3-10-15-14(16)9-8-13-7-5-6-12(4-2)11-13/h5-7,11H,3-4,8-10H2,1-2H3,(H,15,16). The number of amides is 1. The molecule has 0 fully saturated rings. The van der Waals surface area contributed by atoms with Crippen LogP contribution in [0.15, 0.2) is 24.3 Å². The molecule has 0 unspecified atom stereocenters. The Labute approximate surface area is 98.1 Å². The molecule has 0 aliphatic heterocycles. The van der Waals surface area contributed by atoms with Crippen LogP contribution in [-0.2, 0) is 17.6 Å². The van der Waals surface area contributed by atoms with Crippen molar-refractivity contribution in [3.63, 3.8) is 0 Å². The van der Waals surface area contributed by atoms with Crippen molar-refractivity contribution in [3.8, 4) is 0 Å². The van der Waals surface area contributed by atoms with Crippen LogP contribution in [0.4, 0.5) is 0 Å². The molecule has 88 valence electrons. The molecule has 0 saturated carbocycles. The number of carbonyl (C=O) groups excluding carboxylic acids is 1. The van der Waals surface area contributed by atoms with Gasteiger partial charge in [0.1, 0.15) is 0 Å². The molecule has 0 bridgehead atoms. The summed E-state index contributed by atoms with van der Waals surface area (Å²) >= 11 is 0. The SMILES string of the molecule is CCCNC(=O)CCc1cccc(CC)c1. The van der Waals surface area contributed by atoms with Gasteiger partial charge in [0.25, 0.3) is 0 Å². The molecule has 0 radical (unpaired) electrons. The quantitative estimate of drug-likeness (QED) is 0.783. The predicted molar refractivity (Wildman–Crippen MR) is 67.4 cm³/mol. The zero-order valence-electron chi connectivity index (χ0n) is 10.3. The zero-order valence-corrected chi connectivity index (χ0v) is 10.3. The number of benzene rings is 1. The number of rotatable bonds is 6. The number of hydrogen-bond acceptors (Lipinski definition) is 1. The zero-order chi connectivity index (χ0) is 11.8. The molecular formula is C14H21NO. The van der Waals surface area contributed by atoms with Crippen LogP contribution >= 0.6 is 0 Å². The van der Waals surface area contributed by atoms with Crippen LogP contribution in [0.3, 0.4) is 0 Å². The molecule has 0 aliphatic rings. The second-order valence-electron chi connectivity index (χ2n) is 4.02. The average Bonchev–Trinajstić information content (AvgIpc) is 2.34. The van der Waals surface area contributed by atoms with Gasteiger partial charge in [-0.2, -0.15) is 0 Å². The molecule has 1 amide bonds. The van der Waals surface area contributed by atoms with Gasteiger partial charge >= 0.3 is 0 Å². The summed E-state index contributed by atoms with van der Waals surface area (Å²) in [4.78, 5) is 11.4. The lowest BCUT2D eigenvalue weighted by atomic mass is 10.0. The highest BCUT2D eigenvalue weighted by molar-refractivity contribution is 5.76. The summed E-state index contributed by atoms with van der Waals surface area (Å²) in [6, 6.07) is 8.47. The smallest absolute Gasteiger partial charge is 0.220 e. The molecule has 2 heteroatoms. The molecule has 1 aromatic rings. The summed E-state index contributed by atoms with van der Waals surface area (Å²) in [5, 5.41) is 2.89. The van der Waals surface area contributed by atoms with E-state index >= 15 is 0 Å². The Morgan fingerprint density at radius 1 is 1.25 bits per heavy atom. The molecule has 1 rings (SSSR count). The van der Waals surface area contributed by atoms with E-state index in [2.05, 4.69) is 43.4 Å². The molecule has 1 aromatic carbocycles. The largest absolute Gasteiger partial charge is 0.356 e. The lowest BCUT2D eigenvalue weighted by Gasteiger charge is -2.05. The Morgan fingerprint density at radius 2 is 2.00 bits per heavy atom. The van der Waals surface area contributed by atoms with Crippen LogP contribution in [0, 0.1) is 0 Å². The Balaban J connectivity index is 2.38. The van der Waals surface area contributed by atoms with Crippen molar-refractivity contribution in [3.05, 3.63) is 35.4 Å². The molecule has 1 N–H and O–H groups in total. The van der Waals surface area contributed by atoms with Crippen molar-refractivity contribution in [2.45, 2.75) is 39.5 Å². The Hall–Kier alpha value is -1.31. The van der Waals surface area contributed by atoms with E-state index in [0.717, 1.165) is 25.8 Å². The monoisotopic (exact) mass is 219 g/mol. The average molecular weight is 219 g/mol. The third-order valence-electron chi connectivity index (χ3n) is 2.61. The molecular weight excluding hydrogens is 198 g/mol. The van der Waals surface area contributed by atoms with Gasteiger partial charge in [0.15, 0.2) is 0 Å². The van der Waals surface area contributed by atoms with Gasteiger partial charge in [-0.05, 0) is 30.4 Å². The van der Waals surface area contributed by atoms with E-state index in [9.17, 15) is 4.79 Å². The normalized spacial score (nSPS) is 10.1. The second-order valence-corrected chi connectivity index (χ2v) is 4.02. The lowest BCUT2D eigenvalue weighted by molar-refractivity contribution is -0.121. The first-order valence-corrected chi connectivity index (χ1v) is 6.10. The Morgan fingerprint density at radius 3 is 2.69 bits per heavy atom. The third-order valence-corrected chi connectivity index (χ3v) is 2.61. The molecule has 0 aliphatic carbocycles. The fourth-order valence-electron chi connectivity index (χ4n) is 1.62. The summed E-state index contributed by atoms with van der Waals surface area (Å²) in [6.45, 7) is 4.99. The van der Waals surface area contributed by atoms with Crippen molar-refractivity contribution < 1.29 is 4.79 Å². The van der Waals surface area contributed by atoms with Crippen molar-refractivity contribution in [2.75, 3.05) is 6.54 Å². The second kappa shape index (κ2) is 7.04. The van der Waals surface area contributed by atoms with E-state index in [1.807, 2.05) is 0 Å². The lowest BCUT2D eigenvalue weighted by Crippen LogP contribution is -2.24. The van der Waals surface area contributed by atoms with Crippen LogP contribution < -0.4 is 5.32 Å². The maximum atomic E-state index is 11.4. The van der Waals surface area contributed by atoms with Crippen molar-refractivity contribution in [1.29, 1.82) is 0 Å². The maximum absolute atomic E-state index is 11.4. The van der Waals surface area contributed by atoms with Gasteiger partial charge in [-0.15, -0.1) is 0 Å². The van der Waals surface area contributed by atoms with Gasteiger partial charge in [0.05, 0.1) is 0 Å².